The van der Waals surface area contributed by atoms with Crippen LogP contribution in [-0.4, -0.2) is 28.6 Å². The van der Waals surface area contributed by atoms with Gasteiger partial charge in [-0.25, -0.2) is 9.97 Å². The topological polar surface area (TPSA) is 55.0 Å². The molecule has 0 unspecified atom stereocenters. The average molecular weight is 246 g/mol. The van der Waals surface area contributed by atoms with Crippen LogP contribution in [0.2, 0.25) is 0 Å². The molecule has 0 spiro atoms. The first-order valence-corrected chi connectivity index (χ1v) is 5.28. The van der Waals surface area contributed by atoms with Gasteiger partial charge in [-0.2, -0.15) is 13.2 Å². The van der Waals surface area contributed by atoms with E-state index in [-0.39, 0.29) is 11.5 Å². The van der Waals surface area contributed by atoms with E-state index in [2.05, 4.69) is 9.97 Å². The Kier molecular flexibility index (Phi) is 2.73. The molecule has 0 bridgehead atoms. The summed E-state index contributed by atoms with van der Waals surface area (Å²) in [7, 11) is 0. The highest BCUT2D eigenvalue weighted by atomic mass is 19.4. The van der Waals surface area contributed by atoms with Crippen molar-refractivity contribution in [2.24, 2.45) is 5.73 Å². The molecule has 2 heterocycles. The van der Waals surface area contributed by atoms with Crippen molar-refractivity contribution in [1.29, 1.82) is 0 Å². The molecule has 94 valence electrons. The number of hydrogen-bond donors (Lipinski definition) is 1. The Balaban J connectivity index is 2.14. The van der Waals surface area contributed by atoms with E-state index in [1.54, 1.807) is 4.90 Å². The second-order valence-electron chi connectivity index (χ2n) is 4.31. The van der Waals surface area contributed by atoms with Crippen LogP contribution in [0.25, 0.3) is 0 Å². The smallest absolute Gasteiger partial charge is 0.337 e. The first-order valence-electron chi connectivity index (χ1n) is 5.28. The number of halogens is 3. The van der Waals surface area contributed by atoms with Gasteiger partial charge in [0.2, 0.25) is 5.95 Å². The van der Waals surface area contributed by atoms with E-state index in [0.29, 0.717) is 13.1 Å². The molecule has 1 aliphatic rings. The lowest BCUT2D eigenvalue weighted by atomic mass is 9.89. The number of aromatic nitrogens is 2. The highest BCUT2D eigenvalue weighted by molar-refractivity contribution is 5.38. The van der Waals surface area contributed by atoms with Gasteiger partial charge in [0.15, 0.2) is 0 Å². The van der Waals surface area contributed by atoms with Crippen molar-refractivity contribution < 1.29 is 13.2 Å². The normalized spacial score (nSPS) is 19.0. The Morgan fingerprint density at radius 2 is 2.12 bits per heavy atom. The molecular formula is C10H13F3N4. The van der Waals surface area contributed by atoms with E-state index >= 15 is 0 Å². The number of nitrogens with two attached hydrogens (primary N) is 1. The van der Waals surface area contributed by atoms with Gasteiger partial charge < -0.3 is 10.6 Å². The Bertz CT molecular complexity index is 412. The van der Waals surface area contributed by atoms with E-state index in [1.807, 2.05) is 6.92 Å². The summed E-state index contributed by atoms with van der Waals surface area (Å²) in [6, 6.07) is 0.860. The summed E-state index contributed by atoms with van der Waals surface area (Å²) in [5, 5.41) is 0. The molecule has 0 aliphatic carbocycles. The Hall–Kier alpha value is -1.37. The van der Waals surface area contributed by atoms with E-state index in [1.165, 1.54) is 0 Å². The minimum absolute atomic E-state index is 0.0920. The molecule has 1 saturated heterocycles. The van der Waals surface area contributed by atoms with Gasteiger partial charge >= 0.3 is 6.18 Å². The lowest BCUT2D eigenvalue weighted by Crippen LogP contribution is -2.67. The molecule has 0 radical (unpaired) electrons. The zero-order valence-corrected chi connectivity index (χ0v) is 9.33. The molecule has 0 saturated carbocycles. The zero-order chi connectivity index (χ0) is 12.7. The maximum Gasteiger partial charge on any atom is 0.433 e. The third-order valence-electron chi connectivity index (χ3n) is 2.93. The number of alkyl halides is 3. The van der Waals surface area contributed by atoms with Crippen molar-refractivity contribution in [3.05, 3.63) is 18.0 Å². The highest BCUT2D eigenvalue weighted by Gasteiger charge is 2.40. The lowest BCUT2D eigenvalue weighted by Gasteiger charge is -2.47. The average Bonchev–Trinajstić information content (AvgIpc) is 2.24. The standard InChI is InChI=1S/C10H13F3N4/c1-2-9(14)5-17(6-9)8-15-4-3-7(16-8)10(11,12)13/h3-4H,2,5-6,14H2,1H3. The molecule has 17 heavy (non-hydrogen) atoms. The van der Waals surface area contributed by atoms with Crippen molar-refractivity contribution >= 4 is 5.95 Å². The van der Waals surface area contributed by atoms with Crippen LogP contribution in [0.4, 0.5) is 19.1 Å². The molecule has 1 fully saturated rings. The van der Waals surface area contributed by atoms with Crippen LogP contribution >= 0.6 is 0 Å². The van der Waals surface area contributed by atoms with E-state index in [9.17, 15) is 13.2 Å². The number of anilines is 1. The molecule has 0 aromatic carbocycles. The second kappa shape index (κ2) is 3.83. The molecule has 1 aromatic heterocycles. The molecule has 7 heteroatoms. The molecular weight excluding hydrogens is 233 g/mol. The van der Waals surface area contributed by atoms with Crippen molar-refractivity contribution in [1.82, 2.24) is 9.97 Å². The summed E-state index contributed by atoms with van der Waals surface area (Å²) in [4.78, 5) is 8.99. The van der Waals surface area contributed by atoms with Crippen LogP contribution in [0.3, 0.4) is 0 Å². The fourth-order valence-electron chi connectivity index (χ4n) is 1.74. The van der Waals surface area contributed by atoms with E-state index < -0.39 is 11.9 Å². The quantitative estimate of drug-likeness (QED) is 0.857. The van der Waals surface area contributed by atoms with Crippen molar-refractivity contribution in [2.75, 3.05) is 18.0 Å². The van der Waals surface area contributed by atoms with Crippen LogP contribution in [0.1, 0.15) is 19.0 Å². The minimum Gasteiger partial charge on any atom is -0.337 e. The first kappa shape index (κ1) is 12.1. The Morgan fingerprint density at radius 1 is 1.47 bits per heavy atom. The van der Waals surface area contributed by atoms with Gasteiger partial charge in [0.25, 0.3) is 0 Å². The van der Waals surface area contributed by atoms with Gasteiger partial charge in [0, 0.05) is 19.3 Å². The summed E-state index contributed by atoms with van der Waals surface area (Å²) in [6.45, 7) is 2.93. The summed E-state index contributed by atoms with van der Waals surface area (Å²) in [5.41, 5.74) is 4.69. The van der Waals surface area contributed by atoms with Crippen LogP contribution in [-0.2, 0) is 6.18 Å². The molecule has 2 N–H and O–H groups in total. The third kappa shape index (κ3) is 2.33. The minimum atomic E-state index is -4.44. The fourth-order valence-corrected chi connectivity index (χ4v) is 1.74. The largest absolute Gasteiger partial charge is 0.433 e. The summed E-state index contributed by atoms with van der Waals surface area (Å²) >= 11 is 0. The molecule has 0 amide bonds. The van der Waals surface area contributed by atoms with Crippen molar-refractivity contribution in [3.8, 4) is 0 Å². The zero-order valence-electron chi connectivity index (χ0n) is 9.33. The van der Waals surface area contributed by atoms with Gasteiger partial charge in [0.1, 0.15) is 5.69 Å². The van der Waals surface area contributed by atoms with Gasteiger partial charge in [0.05, 0.1) is 5.54 Å². The number of hydrogen-bond acceptors (Lipinski definition) is 4. The van der Waals surface area contributed by atoms with Crippen LogP contribution in [0.5, 0.6) is 0 Å². The van der Waals surface area contributed by atoms with Crippen LogP contribution in [0.15, 0.2) is 12.3 Å². The molecule has 1 aromatic rings. The lowest BCUT2D eigenvalue weighted by molar-refractivity contribution is -0.141. The Morgan fingerprint density at radius 3 is 2.65 bits per heavy atom. The Labute approximate surface area is 96.7 Å². The van der Waals surface area contributed by atoms with E-state index in [0.717, 1.165) is 18.7 Å². The predicted molar refractivity (Wildman–Crippen MR) is 56.5 cm³/mol. The summed E-state index contributed by atoms with van der Waals surface area (Å²) < 4.78 is 37.3. The van der Waals surface area contributed by atoms with Crippen molar-refractivity contribution in [3.63, 3.8) is 0 Å². The molecule has 2 rings (SSSR count). The second-order valence-corrected chi connectivity index (χ2v) is 4.31. The first-order chi connectivity index (χ1) is 7.84. The third-order valence-corrected chi connectivity index (χ3v) is 2.93. The van der Waals surface area contributed by atoms with Gasteiger partial charge in [-0.1, -0.05) is 6.92 Å². The fraction of sp³-hybridized carbons (Fsp3) is 0.600. The summed E-state index contributed by atoms with van der Waals surface area (Å²) in [5.74, 6) is 0.0920. The number of rotatable bonds is 2. The van der Waals surface area contributed by atoms with Crippen LogP contribution in [0, 0.1) is 0 Å². The number of nitrogens with zero attached hydrogens (tertiary/aromatic N) is 3. The van der Waals surface area contributed by atoms with Crippen LogP contribution < -0.4 is 10.6 Å². The van der Waals surface area contributed by atoms with Gasteiger partial charge in [-0.3, -0.25) is 0 Å². The SMILES string of the molecule is CCC1(N)CN(c2nccc(C(F)(F)F)n2)C1. The monoisotopic (exact) mass is 246 g/mol. The molecule has 1 aliphatic heterocycles. The van der Waals surface area contributed by atoms with Gasteiger partial charge in [-0.15, -0.1) is 0 Å². The van der Waals surface area contributed by atoms with Crippen molar-refractivity contribution in [2.45, 2.75) is 25.1 Å². The van der Waals surface area contributed by atoms with E-state index in [4.69, 9.17) is 5.73 Å². The summed E-state index contributed by atoms with van der Waals surface area (Å²) in [6.07, 6.45) is -2.54. The highest BCUT2D eigenvalue weighted by Crippen LogP contribution is 2.30. The van der Waals surface area contributed by atoms with Gasteiger partial charge in [-0.05, 0) is 12.5 Å². The maximum atomic E-state index is 12.4. The predicted octanol–water partition coefficient (Wildman–Crippen LogP) is 1.42. The molecule has 0 atom stereocenters. The maximum absolute atomic E-state index is 12.4. The molecule has 4 nitrogen and oxygen atoms in total.